The Morgan fingerprint density at radius 3 is 2.73 bits per heavy atom. The van der Waals surface area contributed by atoms with Gasteiger partial charge >= 0.3 is 0 Å². The summed E-state index contributed by atoms with van der Waals surface area (Å²) in [6, 6.07) is 3.97. The van der Waals surface area contributed by atoms with Gasteiger partial charge in [-0.3, -0.25) is 9.59 Å². The number of carbonyl (C=O) groups is 2. The largest absolute Gasteiger partial charge is 0.369 e. The number of likely N-dealkylation sites (tertiary alicyclic amines) is 1. The van der Waals surface area contributed by atoms with Crippen LogP contribution >= 0.6 is 0 Å². The normalized spacial score (nSPS) is 21.7. The van der Waals surface area contributed by atoms with Gasteiger partial charge in [-0.25, -0.2) is 8.78 Å². The van der Waals surface area contributed by atoms with E-state index in [0.717, 1.165) is 6.07 Å². The number of benzene rings is 1. The van der Waals surface area contributed by atoms with Crippen LogP contribution in [-0.4, -0.2) is 29.3 Å². The number of carbonyl (C=O) groups excluding carboxylic acids is 2. The van der Waals surface area contributed by atoms with E-state index in [4.69, 9.17) is 5.73 Å². The van der Waals surface area contributed by atoms with Crippen molar-refractivity contribution in [2.75, 3.05) is 6.54 Å². The lowest BCUT2D eigenvalue weighted by atomic mass is 9.92. The number of hydrogen-bond donors (Lipinski definition) is 1. The molecule has 1 fully saturated rings. The topological polar surface area (TPSA) is 63.4 Å². The molecule has 0 saturated carbocycles. The minimum Gasteiger partial charge on any atom is -0.369 e. The number of nitrogens with zero attached hydrogens (tertiary/aromatic N) is 1. The molecule has 0 bridgehead atoms. The van der Waals surface area contributed by atoms with Crippen molar-refractivity contribution in [3.63, 3.8) is 0 Å². The Hall–Kier alpha value is -1.98. The lowest BCUT2D eigenvalue weighted by molar-refractivity contribution is -0.137. The molecular weight excluding hydrogens is 290 g/mol. The van der Waals surface area contributed by atoms with Gasteiger partial charge in [0.15, 0.2) is 11.6 Å². The first-order valence-electron chi connectivity index (χ1n) is 7.41. The SMILES string of the molecule is C[C@H]1CC[C@@H](C(N)=O)CN1C(=O)CCc1cccc(F)c1F. The monoisotopic (exact) mass is 310 g/mol. The average molecular weight is 310 g/mol. The summed E-state index contributed by atoms with van der Waals surface area (Å²) in [5.74, 6) is -2.71. The van der Waals surface area contributed by atoms with Crippen LogP contribution in [-0.2, 0) is 16.0 Å². The zero-order valence-corrected chi connectivity index (χ0v) is 12.5. The second-order valence-corrected chi connectivity index (χ2v) is 5.78. The van der Waals surface area contributed by atoms with Gasteiger partial charge in [0, 0.05) is 19.0 Å². The minimum absolute atomic E-state index is 0.0282. The van der Waals surface area contributed by atoms with E-state index in [9.17, 15) is 18.4 Å². The van der Waals surface area contributed by atoms with Gasteiger partial charge in [-0.1, -0.05) is 12.1 Å². The van der Waals surface area contributed by atoms with Gasteiger partial charge < -0.3 is 10.6 Å². The highest BCUT2D eigenvalue weighted by atomic mass is 19.2. The van der Waals surface area contributed by atoms with Crippen LogP contribution < -0.4 is 5.73 Å². The molecule has 1 saturated heterocycles. The fourth-order valence-corrected chi connectivity index (χ4v) is 2.81. The first kappa shape index (κ1) is 16.4. The van der Waals surface area contributed by atoms with Crippen LogP contribution in [0.15, 0.2) is 18.2 Å². The zero-order chi connectivity index (χ0) is 16.3. The van der Waals surface area contributed by atoms with Crippen LogP contribution in [0.3, 0.4) is 0 Å². The number of nitrogens with two attached hydrogens (primary N) is 1. The first-order chi connectivity index (χ1) is 10.4. The van der Waals surface area contributed by atoms with Crippen LogP contribution in [0.5, 0.6) is 0 Å². The summed E-state index contributed by atoms with van der Waals surface area (Å²) in [4.78, 5) is 25.2. The Morgan fingerprint density at radius 1 is 1.32 bits per heavy atom. The van der Waals surface area contributed by atoms with E-state index < -0.39 is 17.5 Å². The van der Waals surface area contributed by atoms with Gasteiger partial charge in [-0.05, 0) is 37.8 Å². The van der Waals surface area contributed by atoms with Gasteiger partial charge in [-0.2, -0.15) is 0 Å². The van der Waals surface area contributed by atoms with Crippen molar-refractivity contribution in [2.24, 2.45) is 11.7 Å². The fourth-order valence-electron chi connectivity index (χ4n) is 2.81. The highest BCUT2D eigenvalue weighted by molar-refractivity contribution is 5.80. The molecule has 1 aliphatic rings. The summed E-state index contributed by atoms with van der Waals surface area (Å²) in [6.45, 7) is 2.22. The molecular formula is C16H20F2N2O2. The summed E-state index contributed by atoms with van der Waals surface area (Å²) in [6.07, 6.45) is 1.61. The minimum atomic E-state index is -0.912. The molecule has 2 N–H and O–H groups in total. The second-order valence-electron chi connectivity index (χ2n) is 5.78. The van der Waals surface area contributed by atoms with Crippen molar-refractivity contribution in [1.82, 2.24) is 4.90 Å². The van der Waals surface area contributed by atoms with Gasteiger partial charge in [-0.15, -0.1) is 0 Å². The molecule has 120 valence electrons. The summed E-state index contributed by atoms with van der Waals surface area (Å²) < 4.78 is 26.7. The lowest BCUT2D eigenvalue weighted by Gasteiger charge is -2.37. The first-order valence-corrected chi connectivity index (χ1v) is 7.41. The number of primary amides is 1. The molecule has 2 amide bonds. The number of amides is 2. The molecule has 0 spiro atoms. The third kappa shape index (κ3) is 3.61. The summed E-state index contributed by atoms with van der Waals surface area (Å²) in [7, 11) is 0. The Balaban J connectivity index is 1.99. The summed E-state index contributed by atoms with van der Waals surface area (Å²) in [5, 5.41) is 0. The Morgan fingerprint density at radius 2 is 2.05 bits per heavy atom. The van der Waals surface area contributed by atoms with Crippen LogP contribution in [0.1, 0.15) is 31.7 Å². The Labute approximate surface area is 128 Å². The zero-order valence-electron chi connectivity index (χ0n) is 12.5. The van der Waals surface area contributed by atoms with Crippen molar-refractivity contribution >= 4 is 11.8 Å². The van der Waals surface area contributed by atoms with E-state index in [1.165, 1.54) is 12.1 Å². The number of piperidine rings is 1. The van der Waals surface area contributed by atoms with Crippen molar-refractivity contribution in [2.45, 2.75) is 38.6 Å². The number of rotatable bonds is 4. The molecule has 1 aromatic carbocycles. The lowest BCUT2D eigenvalue weighted by Crippen LogP contribution is -2.48. The van der Waals surface area contributed by atoms with E-state index in [1.807, 2.05) is 6.92 Å². The molecule has 1 aromatic rings. The molecule has 0 unspecified atom stereocenters. The molecule has 4 nitrogen and oxygen atoms in total. The van der Waals surface area contributed by atoms with E-state index >= 15 is 0 Å². The average Bonchev–Trinajstić information content (AvgIpc) is 2.48. The van der Waals surface area contributed by atoms with E-state index in [1.54, 1.807) is 4.90 Å². The smallest absolute Gasteiger partial charge is 0.223 e. The highest BCUT2D eigenvalue weighted by Gasteiger charge is 2.31. The van der Waals surface area contributed by atoms with E-state index in [2.05, 4.69) is 0 Å². The molecule has 22 heavy (non-hydrogen) atoms. The molecule has 6 heteroatoms. The number of halogens is 2. The van der Waals surface area contributed by atoms with Gasteiger partial charge in [0.2, 0.25) is 11.8 Å². The van der Waals surface area contributed by atoms with E-state index in [-0.39, 0.29) is 36.3 Å². The van der Waals surface area contributed by atoms with Crippen molar-refractivity contribution < 1.29 is 18.4 Å². The maximum absolute atomic E-state index is 13.6. The Kier molecular flexibility index (Phi) is 5.11. The molecule has 1 heterocycles. The quantitative estimate of drug-likeness (QED) is 0.924. The molecule has 0 aromatic heterocycles. The van der Waals surface area contributed by atoms with Crippen molar-refractivity contribution in [3.05, 3.63) is 35.4 Å². The van der Waals surface area contributed by atoms with Gasteiger partial charge in [0.1, 0.15) is 0 Å². The third-order valence-corrected chi connectivity index (χ3v) is 4.24. The molecule has 2 atom stereocenters. The predicted octanol–water partition coefficient (Wildman–Crippen LogP) is 2.01. The maximum Gasteiger partial charge on any atom is 0.223 e. The summed E-state index contributed by atoms with van der Waals surface area (Å²) >= 11 is 0. The molecule has 0 radical (unpaired) electrons. The molecule has 2 rings (SSSR count). The van der Waals surface area contributed by atoms with Crippen LogP contribution in [0.2, 0.25) is 0 Å². The predicted molar refractivity (Wildman–Crippen MR) is 77.8 cm³/mol. The molecule has 1 aliphatic heterocycles. The van der Waals surface area contributed by atoms with Crippen LogP contribution in [0.4, 0.5) is 8.78 Å². The number of aryl methyl sites for hydroxylation is 1. The van der Waals surface area contributed by atoms with Gasteiger partial charge in [0.05, 0.1) is 5.92 Å². The fraction of sp³-hybridized carbons (Fsp3) is 0.500. The maximum atomic E-state index is 13.6. The second kappa shape index (κ2) is 6.85. The van der Waals surface area contributed by atoms with Crippen LogP contribution in [0.25, 0.3) is 0 Å². The van der Waals surface area contributed by atoms with Crippen LogP contribution in [0, 0.1) is 17.6 Å². The summed E-state index contributed by atoms with van der Waals surface area (Å²) in [5.41, 5.74) is 5.49. The molecule has 0 aliphatic carbocycles. The van der Waals surface area contributed by atoms with E-state index in [0.29, 0.717) is 19.4 Å². The highest BCUT2D eigenvalue weighted by Crippen LogP contribution is 2.23. The van der Waals surface area contributed by atoms with Gasteiger partial charge in [0.25, 0.3) is 0 Å². The van der Waals surface area contributed by atoms with Crippen molar-refractivity contribution in [1.29, 1.82) is 0 Å². The number of hydrogen-bond acceptors (Lipinski definition) is 2. The standard InChI is InChI=1S/C16H20F2N2O2/c1-10-5-6-12(16(19)22)9-20(10)14(21)8-7-11-3-2-4-13(17)15(11)18/h2-4,10,12H,5-9H2,1H3,(H2,19,22)/t10-,12+/m0/s1. The third-order valence-electron chi connectivity index (χ3n) is 4.24. The van der Waals surface area contributed by atoms with Crippen molar-refractivity contribution in [3.8, 4) is 0 Å². The Bertz CT molecular complexity index is 577.